The number of rotatable bonds is 4. The molecule has 122 valence electrons. The van der Waals surface area contributed by atoms with E-state index in [-0.39, 0.29) is 24.5 Å². The van der Waals surface area contributed by atoms with Crippen molar-refractivity contribution in [3.05, 3.63) is 59.7 Å². The Hall–Kier alpha value is -2.04. The van der Waals surface area contributed by atoms with Crippen molar-refractivity contribution < 1.29 is 9.53 Å². The van der Waals surface area contributed by atoms with Crippen molar-refractivity contribution in [2.24, 2.45) is 5.73 Å². The molecule has 1 aliphatic rings. The van der Waals surface area contributed by atoms with Gasteiger partial charge in [0.2, 0.25) is 0 Å². The zero-order valence-corrected chi connectivity index (χ0v) is 13.8. The summed E-state index contributed by atoms with van der Waals surface area (Å²) in [5, 5.41) is 2.62. The summed E-state index contributed by atoms with van der Waals surface area (Å²) in [6.07, 6.45) is -0.156. The molecule has 0 aliphatic heterocycles. The normalized spacial score (nSPS) is 13.5. The predicted octanol–water partition coefficient (Wildman–Crippen LogP) is 3.64. The first-order chi connectivity index (χ1) is 10.7. The highest BCUT2D eigenvalue weighted by atomic mass is 35.5. The van der Waals surface area contributed by atoms with Gasteiger partial charge >= 0.3 is 6.09 Å². The van der Waals surface area contributed by atoms with Crippen LogP contribution >= 0.6 is 12.4 Å². The molecule has 0 saturated carbocycles. The average molecular weight is 333 g/mol. The van der Waals surface area contributed by atoms with Crippen LogP contribution in [0.2, 0.25) is 0 Å². The highest BCUT2D eigenvalue weighted by Gasteiger charge is 2.28. The lowest BCUT2D eigenvalue weighted by molar-refractivity contribution is 0.139. The van der Waals surface area contributed by atoms with Crippen molar-refractivity contribution >= 4 is 18.5 Å². The molecule has 0 fully saturated rings. The van der Waals surface area contributed by atoms with Crippen molar-refractivity contribution in [2.45, 2.75) is 25.4 Å². The fourth-order valence-electron chi connectivity index (χ4n) is 2.89. The number of halogens is 1. The minimum absolute atomic E-state index is 0. The van der Waals surface area contributed by atoms with Gasteiger partial charge in [-0.25, -0.2) is 4.79 Å². The molecule has 0 aromatic heterocycles. The number of benzene rings is 2. The van der Waals surface area contributed by atoms with Gasteiger partial charge in [0.15, 0.2) is 0 Å². The zero-order valence-electron chi connectivity index (χ0n) is 13.0. The van der Waals surface area contributed by atoms with Crippen LogP contribution in [0.5, 0.6) is 0 Å². The van der Waals surface area contributed by atoms with E-state index in [1.165, 1.54) is 22.3 Å². The number of fused-ring (bicyclic) bond motifs is 3. The maximum Gasteiger partial charge on any atom is 0.408 e. The van der Waals surface area contributed by atoms with Gasteiger partial charge in [0, 0.05) is 5.92 Å². The SMILES string of the molecule is CCC(N)NC(=O)OCC1c2ccccc2-c2ccccc21.Cl. The van der Waals surface area contributed by atoms with E-state index in [1.54, 1.807) is 0 Å². The molecule has 0 bridgehead atoms. The van der Waals surface area contributed by atoms with Crippen LogP contribution in [0, 0.1) is 0 Å². The lowest BCUT2D eigenvalue weighted by atomic mass is 9.98. The van der Waals surface area contributed by atoms with Crippen molar-refractivity contribution in [1.29, 1.82) is 0 Å². The molecular weight excluding hydrogens is 312 g/mol. The topological polar surface area (TPSA) is 64.3 Å². The van der Waals surface area contributed by atoms with Gasteiger partial charge in [-0.15, -0.1) is 12.4 Å². The Morgan fingerprint density at radius 1 is 1.13 bits per heavy atom. The number of ether oxygens (including phenoxy) is 1. The molecule has 4 nitrogen and oxygen atoms in total. The molecule has 0 spiro atoms. The molecule has 3 rings (SSSR count). The van der Waals surface area contributed by atoms with E-state index in [0.717, 1.165) is 0 Å². The third-order valence-electron chi connectivity index (χ3n) is 4.09. The lowest BCUT2D eigenvalue weighted by Gasteiger charge is -2.16. The smallest absolute Gasteiger partial charge is 0.408 e. The Bertz CT molecular complexity index is 645. The minimum Gasteiger partial charge on any atom is -0.449 e. The van der Waals surface area contributed by atoms with Crippen molar-refractivity contribution in [3.8, 4) is 11.1 Å². The van der Waals surface area contributed by atoms with Crippen LogP contribution in [-0.4, -0.2) is 18.9 Å². The van der Waals surface area contributed by atoms with E-state index in [9.17, 15) is 4.79 Å². The summed E-state index contributed by atoms with van der Waals surface area (Å²) >= 11 is 0. The van der Waals surface area contributed by atoms with E-state index in [0.29, 0.717) is 13.0 Å². The van der Waals surface area contributed by atoms with Crippen LogP contribution in [0.1, 0.15) is 30.4 Å². The van der Waals surface area contributed by atoms with Gasteiger partial charge in [0.05, 0.1) is 6.17 Å². The van der Waals surface area contributed by atoms with Gasteiger partial charge < -0.3 is 15.8 Å². The van der Waals surface area contributed by atoms with Crippen LogP contribution in [0.25, 0.3) is 11.1 Å². The molecule has 1 unspecified atom stereocenters. The number of nitrogens with one attached hydrogen (secondary N) is 1. The standard InChI is InChI=1S/C18H20N2O2.ClH/c1-2-17(19)20-18(21)22-11-16-14-9-5-3-7-12(14)13-8-4-6-10-15(13)16;/h3-10,16-17H,2,11,19H2,1H3,(H,20,21);1H. The summed E-state index contributed by atoms with van der Waals surface area (Å²) in [7, 11) is 0. The lowest BCUT2D eigenvalue weighted by Crippen LogP contribution is -2.41. The van der Waals surface area contributed by atoms with Crippen LogP contribution in [-0.2, 0) is 4.74 Å². The Balaban J connectivity index is 0.00000192. The highest BCUT2D eigenvalue weighted by Crippen LogP contribution is 2.44. The van der Waals surface area contributed by atoms with E-state index in [2.05, 4.69) is 29.6 Å². The first-order valence-corrected chi connectivity index (χ1v) is 7.57. The second-order valence-electron chi connectivity index (χ2n) is 5.48. The summed E-state index contributed by atoms with van der Waals surface area (Å²) in [6.45, 7) is 2.23. The van der Waals surface area contributed by atoms with Crippen molar-refractivity contribution in [2.75, 3.05) is 6.61 Å². The number of hydrogen-bond acceptors (Lipinski definition) is 3. The van der Waals surface area contributed by atoms with Crippen LogP contribution in [0.15, 0.2) is 48.5 Å². The number of nitrogens with two attached hydrogens (primary N) is 1. The van der Waals surface area contributed by atoms with Gasteiger partial charge in [-0.05, 0) is 28.7 Å². The maximum absolute atomic E-state index is 11.8. The van der Waals surface area contributed by atoms with Crippen LogP contribution in [0.3, 0.4) is 0 Å². The second-order valence-corrected chi connectivity index (χ2v) is 5.48. The minimum atomic E-state index is -0.462. The zero-order chi connectivity index (χ0) is 15.5. The van der Waals surface area contributed by atoms with E-state index in [4.69, 9.17) is 10.5 Å². The monoisotopic (exact) mass is 332 g/mol. The molecule has 1 amide bonds. The molecule has 2 aromatic carbocycles. The molecule has 0 heterocycles. The number of amides is 1. The fourth-order valence-corrected chi connectivity index (χ4v) is 2.89. The Kier molecular flexibility index (Phi) is 5.64. The third-order valence-corrected chi connectivity index (χ3v) is 4.09. The summed E-state index contributed by atoms with van der Waals surface area (Å²) in [5.74, 6) is 0.0796. The van der Waals surface area contributed by atoms with Crippen LogP contribution < -0.4 is 11.1 Å². The van der Waals surface area contributed by atoms with Crippen LogP contribution in [0.4, 0.5) is 4.79 Å². The Morgan fingerprint density at radius 2 is 1.65 bits per heavy atom. The number of alkyl carbamates (subject to hydrolysis) is 1. The van der Waals surface area contributed by atoms with Gasteiger partial charge in [-0.3, -0.25) is 0 Å². The Morgan fingerprint density at radius 3 is 2.17 bits per heavy atom. The summed E-state index contributed by atoms with van der Waals surface area (Å²) < 4.78 is 5.38. The Labute approximate surface area is 142 Å². The highest BCUT2D eigenvalue weighted by molar-refractivity contribution is 5.85. The van der Waals surface area contributed by atoms with Crippen molar-refractivity contribution in [1.82, 2.24) is 5.32 Å². The van der Waals surface area contributed by atoms with Gasteiger partial charge in [0.1, 0.15) is 6.61 Å². The van der Waals surface area contributed by atoms with Crippen molar-refractivity contribution in [3.63, 3.8) is 0 Å². The van der Waals surface area contributed by atoms with Gasteiger partial charge in [-0.2, -0.15) is 0 Å². The molecular formula is C18H21ClN2O2. The summed E-state index contributed by atoms with van der Waals surface area (Å²) in [5.41, 5.74) is 10.5. The largest absolute Gasteiger partial charge is 0.449 e. The van der Waals surface area contributed by atoms with Gasteiger partial charge in [-0.1, -0.05) is 55.5 Å². The predicted molar refractivity (Wildman–Crippen MR) is 93.7 cm³/mol. The van der Waals surface area contributed by atoms with E-state index >= 15 is 0 Å². The number of hydrogen-bond donors (Lipinski definition) is 2. The van der Waals surface area contributed by atoms with Gasteiger partial charge in [0.25, 0.3) is 0 Å². The van der Waals surface area contributed by atoms with E-state index in [1.807, 2.05) is 31.2 Å². The quantitative estimate of drug-likeness (QED) is 0.840. The molecule has 1 atom stereocenters. The molecule has 0 radical (unpaired) electrons. The first-order valence-electron chi connectivity index (χ1n) is 7.57. The molecule has 2 aromatic rings. The molecule has 23 heavy (non-hydrogen) atoms. The fraction of sp³-hybridized carbons (Fsp3) is 0.278. The maximum atomic E-state index is 11.8. The molecule has 0 saturated heterocycles. The van der Waals surface area contributed by atoms with E-state index < -0.39 is 6.09 Å². The second kappa shape index (κ2) is 7.49. The molecule has 3 N–H and O–H groups in total. The third kappa shape index (κ3) is 3.49. The first kappa shape index (κ1) is 17.3. The number of carbonyl (C=O) groups is 1. The average Bonchev–Trinajstić information content (AvgIpc) is 2.87. The number of carbonyl (C=O) groups excluding carboxylic acids is 1. The summed E-state index contributed by atoms with van der Waals surface area (Å²) in [4.78, 5) is 11.8. The summed E-state index contributed by atoms with van der Waals surface area (Å²) in [6, 6.07) is 16.5. The molecule has 5 heteroatoms. The molecule has 1 aliphatic carbocycles.